The van der Waals surface area contributed by atoms with Gasteiger partial charge in [0.1, 0.15) is 4.90 Å². The number of nitrogens with two attached hydrogens (primary N) is 2. The number of likely N-dealkylation sites (N-methyl/N-ethyl adjacent to an activating group) is 1. The molecule has 0 spiro atoms. The molecule has 8 heteroatoms. The Kier molecular flexibility index (Phi) is 5.56. The molecule has 7 nitrogen and oxygen atoms in total. The van der Waals surface area contributed by atoms with Gasteiger partial charge in [-0.05, 0) is 18.6 Å². The van der Waals surface area contributed by atoms with Crippen molar-refractivity contribution in [1.82, 2.24) is 4.90 Å². The van der Waals surface area contributed by atoms with Crippen molar-refractivity contribution in [1.29, 1.82) is 0 Å². The maximum Gasteiger partial charge on any atom is 0.241 e. The SMILES string of the molecule is CCCN(CC(=O)N(C)C)c1cccc(S(N)(=O)=O)c1N. The van der Waals surface area contributed by atoms with Gasteiger partial charge in [0.2, 0.25) is 15.9 Å². The van der Waals surface area contributed by atoms with E-state index < -0.39 is 10.0 Å². The number of benzene rings is 1. The van der Waals surface area contributed by atoms with E-state index in [9.17, 15) is 13.2 Å². The first-order chi connectivity index (χ1) is 9.68. The van der Waals surface area contributed by atoms with E-state index in [1.165, 1.54) is 11.0 Å². The van der Waals surface area contributed by atoms with Crippen molar-refractivity contribution in [2.75, 3.05) is 37.8 Å². The fraction of sp³-hybridized carbons (Fsp3) is 0.462. The van der Waals surface area contributed by atoms with Crippen LogP contribution in [-0.2, 0) is 14.8 Å². The van der Waals surface area contributed by atoms with Crippen molar-refractivity contribution < 1.29 is 13.2 Å². The summed E-state index contributed by atoms with van der Waals surface area (Å²) in [5.74, 6) is -0.0936. The Balaban J connectivity index is 3.23. The Bertz CT molecular complexity index is 614. The summed E-state index contributed by atoms with van der Waals surface area (Å²) in [7, 11) is -0.570. The number of amides is 1. The molecule has 1 rings (SSSR count). The van der Waals surface area contributed by atoms with E-state index in [2.05, 4.69) is 0 Å². The van der Waals surface area contributed by atoms with Gasteiger partial charge in [0, 0.05) is 20.6 Å². The molecule has 0 unspecified atom stereocenters. The van der Waals surface area contributed by atoms with Crippen LogP contribution < -0.4 is 15.8 Å². The number of nitrogen functional groups attached to an aromatic ring is 1. The molecule has 1 aromatic carbocycles. The molecule has 0 saturated carbocycles. The average molecular weight is 314 g/mol. The van der Waals surface area contributed by atoms with Gasteiger partial charge in [-0.15, -0.1) is 0 Å². The molecule has 0 atom stereocenters. The van der Waals surface area contributed by atoms with Crippen LogP contribution in [0.1, 0.15) is 13.3 Å². The summed E-state index contributed by atoms with van der Waals surface area (Å²) in [4.78, 5) is 15.0. The summed E-state index contributed by atoms with van der Waals surface area (Å²) >= 11 is 0. The van der Waals surface area contributed by atoms with Crippen LogP contribution in [0, 0.1) is 0 Å². The minimum Gasteiger partial charge on any atom is -0.396 e. The highest BCUT2D eigenvalue weighted by molar-refractivity contribution is 7.89. The zero-order valence-electron chi connectivity index (χ0n) is 12.5. The fourth-order valence-corrected chi connectivity index (χ4v) is 2.59. The van der Waals surface area contributed by atoms with Gasteiger partial charge in [0.05, 0.1) is 17.9 Å². The van der Waals surface area contributed by atoms with Crippen LogP contribution in [0.5, 0.6) is 0 Å². The number of carbonyl (C=O) groups excluding carboxylic acids is 1. The molecule has 0 aliphatic carbocycles. The Morgan fingerprint density at radius 2 is 1.90 bits per heavy atom. The number of nitrogens with zero attached hydrogens (tertiary/aromatic N) is 2. The monoisotopic (exact) mass is 314 g/mol. The lowest BCUT2D eigenvalue weighted by molar-refractivity contribution is -0.127. The lowest BCUT2D eigenvalue weighted by Crippen LogP contribution is -2.37. The van der Waals surface area contributed by atoms with Crippen LogP contribution >= 0.6 is 0 Å². The zero-order valence-corrected chi connectivity index (χ0v) is 13.4. The second kappa shape index (κ2) is 6.77. The Labute approximate surface area is 125 Å². The van der Waals surface area contributed by atoms with Crippen LogP contribution in [0.2, 0.25) is 0 Å². The first-order valence-electron chi connectivity index (χ1n) is 6.54. The minimum absolute atomic E-state index is 0.0695. The summed E-state index contributed by atoms with van der Waals surface area (Å²) in [6.07, 6.45) is 0.791. The molecule has 0 aliphatic rings. The highest BCUT2D eigenvalue weighted by atomic mass is 32.2. The van der Waals surface area contributed by atoms with E-state index in [0.717, 1.165) is 6.42 Å². The minimum atomic E-state index is -3.90. The summed E-state index contributed by atoms with van der Waals surface area (Å²) in [6, 6.07) is 4.60. The molecule has 1 amide bonds. The molecule has 118 valence electrons. The summed E-state index contributed by atoms with van der Waals surface area (Å²) in [6.45, 7) is 2.67. The van der Waals surface area contributed by atoms with Gasteiger partial charge in [-0.25, -0.2) is 13.6 Å². The van der Waals surface area contributed by atoms with Crippen LogP contribution in [0.3, 0.4) is 0 Å². The van der Waals surface area contributed by atoms with E-state index in [0.29, 0.717) is 12.2 Å². The van der Waals surface area contributed by atoms with Crippen LogP contribution in [-0.4, -0.2) is 46.4 Å². The number of hydrogen-bond acceptors (Lipinski definition) is 5. The molecule has 1 aromatic rings. The molecule has 21 heavy (non-hydrogen) atoms. The Morgan fingerprint density at radius 3 is 2.38 bits per heavy atom. The van der Waals surface area contributed by atoms with Gasteiger partial charge in [0.25, 0.3) is 0 Å². The molecule has 0 heterocycles. The molecule has 0 radical (unpaired) electrons. The predicted molar refractivity (Wildman–Crippen MR) is 83.4 cm³/mol. The molecule has 0 fully saturated rings. The van der Waals surface area contributed by atoms with Crippen molar-refractivity contribution in [3.05, 3.63) is 18.2 Å². The van der Waals surface area contributed by atoms with E-state index in [1.807, 2.05) is 6.92 Å². The fourth-order valence-electron chi connectivity index (χ4n) is 1.92. The molecular formula is C13H22N4O3S. The standard InChI is InChI=1S/C13H22N4O3S/c1-4-8-17(9-12(18)16(2)3)10-6-5-7-11(13(10)14)21(15,19)20/h5-7H,4,8-9,14H2,1-3H3,(H2,15,19,20). The number of rotatable bonds is 6. The molecule has 0 aromatic heterocycles. The summed E-state index contributed by atoms with van der Waals surface area (Å²) < 4.78 is 23.0. The number of carbonyl (C=O) groups is 1. The molecule has 0 aliphatic heterocycles. The largest absolute Gasteiger partial charge is 0.396 e. The van der Waals surface area contributed by atoms with Gasteiger partial charge in [-0.2, -0.15) is 0 Å². The van der Waals surface area contributed by atoms with E-state index in [-0.39, 0.29) is 23.0 Å². The van der Waals surface area contributed by atoms with Gasteiger partial charge >= 0.3 is 0 Å². The summed E-state index contributed by atoms with van der Waals surface area (Å²) in [5.41, 5.74) is 6.49. The number of hydrogen-bond donors (Lipinski definition) is 2. The topological polar surface area (TPSA) is 110 Å². The smallest absolute Gasteiger partial charge is 0.241 e. The van der Waals surface area contributed by atoms with Gasteiger partial charge < -0.3 is 15.5 Å². The van der Waals surface area contributed by atoms with Gasteiger partial charge in [0.15, 0.2) is 0 Å². The second-order valence-corrected chi connectivity index (χ2v) is 6.47. The maximum absolute atomic E-state index is 11.9. The third-order valence-corrected chi connectivity index (χ3v) is 3.98. The lowest BCUT2D eigenvalue weighted by Gasteiger charge is -2.27. The summed E-state index contributed by atoms with van der Waals surface area (Å²) in [5, 5.41) is 5.15. The van der Waals surface area contributed by atoms with Crippen LogP contribution in [0.25, 0.3) is 0 Å². The van der Waals surface area contributed by atoms with Crippen LogP contribution in [0.15, 0.2) is 23.1 Å². The first-order valence-corrected chi connectivity index (χ1v) is 8.09. The highest BCUT2D eigenvalue weighted by Crippen LogP contribution is 2.29. The Morgan fingerprint density at radius 1 is 1.29 bits per heavy atom. The molecule has 0 bridgehead atoms. The molecule has 4 N–H and O–H groups in total. The van der Waals surface area contributed by atoms with Crippen molar-refractivity contribution in [2.24, 2.45) is 5.14 Å². The van der Waals surface area contributed by atoms with Gasteiger partial charge in [-0.1, -0.05) is 13.0 Å². The van der Waals surface area contributed by atoms with E-state index in [1.54, 1.807) is 31.1 Å². The number of primary sulfonamides is 1. The average Bonchev–Trinajstić information content (AvgIpc) is 2.37. The van der Waals surface area contributed by atoms with E-state index in [4.69, 9.17) is 10.9 Å². The number of para-hydroxylation sites is 1. The highest BCUT2D eigenvalue weighted by Gasteiger charge is 2.20. The third-order valence-electron chi connectivity index (χ3n) is 3.01. The zero-order chi connectivity index (χ0) is 16.2. The Hall–Kier alpha value is -1.80. The van der Waals surface area contributed by atoms with Crippen molar-refractivity contribution in [3.63, 3.8) is 0 Å². The van der Waals surface area contributed by atoms with Crippen LogP contribution in [0.4, 0.5) is 11.4 Å². The second-order valence-electron chi connectivity index (χ2n) is 4.94. The third kappa shape index (κ3) is 4.33. The van der Waals surface area contributed by atoms with Crippen molar-refractivity contribution in [3.8, 4) is 0 Å². The van der Waals surface area contributed by atoms with E-state index >= 15 is 0 Å². The van der Waals surface area contributed by atoms with Gasteiger partial charge in [-0.3, -0.25) is 4.79 Å². The number of sulfonamides is 1. The molecular weight excluding hydrogens is 292 g/mol. The maximum atomic E-state index is 11.9. The molecule has 0 saturated heterocycles. The lowest BCUT2D eigenvalue weighted by atomic mass is 10.2. The predicted octanol–water partition coefficient (Wildman–Crippen LogP) is 0.221. The van der Waals surface area contributed by atoms with Crippen molar-refractivity contribution in [2.45, 2.75) is 18.2 Å². The number of anilines is 2. The quantitative estimate of drug-likeness (QED) is 0.730. The first kappa shape index (κ1) is 17.3. The normalized spacial score (nSPS) is 11.2. The van der Waals surface area contributed by atoms with Crippen molar-refractivity contribution >= 4 is 27.3 Å².